The first-order chi connectivity index (χ1) is 19.0. The molecule has 3 aromatic rings. The molecule has 4 N–H and O–H groups in total. The lowest BCUT2D eigenvalue weighted by molar-refractivity contribution is -0.120. The third kappa shape index (κ3) is 6.91. The van der Waals surface area contributed by atoms with E-state index in [0.717, 1.165) is 29.1 Å². The number of rotatable bonds is 12. The number of hydrogen-bond acceptors (Lipinski definition) is 6. The molecule has 0 aliphatic heterocycles. The smallest absolute Gasteiger partial charge is 0.404 e. The zero-order chi connectivity index (χ0) is 29.0. The Labute approximate surface area is 240 Å². The molecule has 4 rings (SSSR count). The molecule has 1 heterocycles. The third-order valence-electron chi connectivity index (χ3n) is 6.51. The van der Waals surface area contributed by atoms with Crippen LogP contribution in [0.4, 0.5) is 10.5 Å². The fraction of sp³-hybridized carbons (Fsp3) is 0.385. The van der Waals surface area contributed by atoms with Gasteiger partial charge in [-0.1, -0.05) is 15.9 Å². The van der Waals surface area contributed by atoms with E-state index in [1.54, 1.807) is 17.8 Å². The van der Waals surface area contributed by atoms with Gasteiger partial charge in [0.1, 0.15) is 5.69 Å². The Bertz CT molecular complexity index is 1540. The van der Waals surface area contributed by atoms with Gasteiger partial charge in [-0.05, 0) is 67.1 Å². The topological polar surface area (TPSA) is 163 Å². The first-order valence-electron chi connectivity index (χ1n) is 12.8. The second kappa shape index (κ2) is 12.3. The van der Waals surface area contributed by atoms with Crippen molar-refractivity contribution in [1.82, 2.24) is 25.7 Å². The van der Waals surface area contributed by atoms with Gasteiger partial charge in [0.2, 0.25) is 15.9 Å². The number of nitrogens with zero attached hydrogens (tertiary/aromatic N) is 3. The summed E-state index contributed by atoms with van der Waals surface area (Å²) in [6, 6.07) is 11.0. The Balaban J connectivity index is 1.66. The largest absolute Gasteiger partial charge is 0.465 e. The molecule has 214 valence electrons. The molecular formula is C26H31BrN6O6S. The summed E-state index contributed by atoms with van der Waals surface area (Å²) in [5, 5.41) is 21.4. The van der Waals surface area contributed by atoms with Crippen molar-refractivity contribution < 1.29 is 27.9 Å². The molecule has 1 aliphatic carbocycles. The molecule has 40 heavy (non-hydrogen) atoms. The molecule has 1 fully saturated rings. The van der Waals surface area contributed by atoms with E-state index in [9.17, 15) is 22.8 Å². The Hall–Kier alpha value is -3.65. The Morgan fingerprint density at radius 3 is 2.42 bits per heavy atom. The van der Waals surface area contributed by atoms with Gasteiger partial charge in [0.05, 0.1) is 23.1 Å². The van der Waals surface area contributed by atoms with Crippen molar-refractivity contribution in [2.45, 2.75) is 31.6 Å². The van der Waals surface area contributed by atoms with Gasteiger partial charge in [-0.2, -0.15) is 5.10 Å². The van der Waals surface area contributed by atoms with Crippen LogP contribution in [0.1, 0.15) is 47.7 Å². The van der Waals surface area contributed by atoms with E-state index < -0.39 is 16.1 Å². The van der Waals surface area contributed by atoms with E-state index in [-0.39, 0.29) is 43.8 Å². The van der Waals surface area contributed by atoms with Gasteiger partial charge in [-0.25, -0.2) is 17.9 Å². The van der Waals surface area contributed by atoms with Crippen molar-refractivity contribution >= 4 is 60.5 Å². The number of nitrogens with one attached hydrogen (secondary N) is 3. The average Bonchev–Trinajstić information content (AvgIpc) is 3.67. The molecule has 3 amide bonds. The molecule has 1 aromatic heterocycles. The molecular weight excluding hydrogens is 604 g/mol. The van der Waals surface area contributed by atoms with Crippen LogP contribution in [0, 0.1) is 0 Å². The maximum Gasteiger partial charge on any atom is 0.404 e. The quantitative estimate of drug-likeness (QED) is 0.223. The summed E-state index contributed by atoms with van der Waals surface area (Å²) in [6.07, 6.45) is 2.08. The minimum Gasteiger partial charge on any atom is -0.465 e. The molecule has 2 aromatic carbocycles. The standard InChI is InChI=1S/C26H31BrN6O6S/c1-28-25(35)24-20-14-19(16-4-5-16)22(15-21(20)31-33(24)18-8-6-17(27)7-9-18)32(40(2,38)39)13-3-11-29-23(34)10-12-30-26(36)37/h6-9,14-16,30H,3-5,10-13H2,1-2H3,(H,28,35)(H,29,34)(H,36,37). The summed E-state index contributed by atoms with van der Waals surface area (Å²) in [4.78, 5) is 35.5. The van der Waals surface area contributed by atoms with Crippen molar-refractivity contribution in [3.63, 3.8) is 0 Å². The number of carbonyl (C=O) groups excluding carboxylic acids is 2. The fourth-order valence-corrected chi connectivity index (χ4v) is 5.71. The van der Waals surface area contributed by atoms with Gasteiger partial charge in [0.15, 0.2) is 0 Å². The third-order valence-corrected chi connectivity index (χ3v) is 8.22. The Kier molecular flexibility index (Phi) is 8.98. The van der Waals surface area contributed by atoms with Gasteiger partial charge in [-0.3, -0.25) is 13.9 Å². The van der Waals surface area contributed by atoms with Crippen molar-refractivity contribution in [2.24, 2.45) is 0 Å². The number of halogens is 1. The molecule has 0 radical (unpaired) electrons. The van der Waals surface area contributed by atoms with Crippen molar-refractivity contribution in [1.29, 1.82) is 0 Å². The summed E-state index contributed by atoms with van der Waals surface area (Å²) in [7, 11) is -2.14. The molecule has 12 nitrogen and oxygen atoms in total. The number of carbonyl (C=O) groups is 3. The van der Waals surface area contributed by atoms with Crippen LogP contribution in [0.5, 0.6) is 0 Å². The van der Waals surface area contributed by atoms with E-state index in [0.29, 0.717) is 34.4 Å². The van der Waals surface area contributed by atoms with Crippen LogP contribution >= 0.6 is 15.9 Å². The van der Waals surface area contributed by atoms with Crippen LogP contribution in [0.2, 0.25) is 0 Å². The molecule has 0 saturated heterocycles. The zero-order valence-electron chi connectivity index (χ0n) is 22.1. The number of anilines is 1. The molecule has 0 unspecified atom stereocenters. The van der Waals surface area contributed by atoms with E-state index in [1.807, 2.05) is 30.3 Å². The Morgan fingerprint density at radius 2 is 1.82 bits per heavy atom. The van der Waals surface area contributed by atoms with E-state index in [2.05, 4.69) is 31.9 Å². The number of hydrogen-bond donors (Lipinski definition) is 4. The second-order valence-electron chi connectivity index (χ2n) is 9.54. The molecule has 1 saturated carbocycles. The van der Waals surface area contributed by atoms with Crippen molar-refractivity contribution in [2.75, 3.05) is 37.2 Å². The molecule has 0 atom stereocenters. The summed E-state index contributed by atoms with van der Waals surface area (Å²) in [5.74, 6) is -0.479. The maximum absolute atomic E-state index is 13.0. The van der Waals surface area contributed by atoms with Crippen LogP contribution in [0.25, 0.3) is 16.6 Å². The minimum atomic E-state index is -3.69. The Morgan fingerprint density at radius 1 is 1.12 bits per heavy atom. The summed E-state index contributed by atoms with van der Waals surface area (Å²) in [5.41, 5.74) is 2.87. The van der Waals surface area contributed by atoms with Crippen LogP contribution in [0.3, 0.4) is 0 Å². The first-order valence-corrected chi connectivity index (χ1v) is 15.4. The molecule has 0 bridgehead atoms. The van der Waals surface area contributed by atoms with E-state index in [4.69, 9.17) is 10.2 Å². The van der Waals surface area contributed by atoms with Gasteiger partial charge in [0.25, 0.3) is 5.91 Å². The van der Waals surface area contributed by atoms with E-state index in [1.165, 1.54) is 4.31 Å². The first kappa shape index (κ1) is 29.3. The van der Waals surface area contributed by atoms with Gasteiger partial charge in [0, 0.05) is 43.0 Å². The highest BCUT2D eigenvalue weighted by Crippen LogP contribution is 2.46. The highest BCUT2D eigenvalue weighted by atomic mass is 79.9. The number of aromatic nitrogens is 2. The molecule has 1 aliphatic rings. The van der Waals surface area contributed by atoms with Crippen LogP contribution < -0.4 is 20.3 Å². The van der Waals surface area contributed by atoms with Crippen molar-refractivity contribution in [3.05, 3.63) is 52.1 Å². The summed E-state index contributed by atoms with van der Waals surface area (Å²) >= 11 is 3.42. The SMILES string of the molecule is CNC(=O)c1c2cc(C3CC3)c(N(CCCNC(=O)CCNC(=O)O)S(C)(=O)=O)cc2nn1-c1ccc(Br)cc1. The molecule has 14 heteroatoms. The number of carboxylic acid groups (broad SMARTS) is 1. The fourth-order valence-electron chi connectivity index (χ4n) is 4.47. The van der Waals surface area contributed by atoms with Crippen LogP contribution in [-0.4, -0.2) is 74.2 Å². The summed E-state index contributed by atoms with van der Waals surface area (Å²) < 4.78 is 29.7. The zero-order valence-corrected chi connectivity index (χ0v) is 24.5. The lowest BCUT2D eigenvalue weighted by Crippen LogP contribution is -2.35. The second-order valence-corrected chi connectivity index (χ2v) is 12.4. The highest BCUT2D eigenvalue weighted by molar-refractivity contribution is 9.10. The van der Waals surface area contributed by atoms with Gasteiger partial charge >= 0.3 is 6.09 Å². The van der Waals surface area contributed by atoms with Crippen LogP contribution in [-0.2, 0) is 14.8 Å². The number of amides is 3. The van der Waals surface area contributed by atoms with E-state index >= 15 is 0 Å². The monoisotopic (exact) mass is 634 g/mol. The van der Waals surface area contributed by atoms with Crippen LogP contribution in [0.15, 0.2) is 40.9 Å². The predicted octanol–water partition coefficient (Wildman–Crippen LogP) is 2.96. The number of sulfonamides is 1. The van der Waals surface area contributed by atoms with Crippen molar-refractivity contribution in [3.8, 4) is 5.69 Å². The lowest BCUT2D eigenvalue weighted by Gasteiger charge is -2.25. The summed E-state index contributed by atoms with van der Waals surface area (Å²) in [6.45, 7) is 0.331. The predicted molar refractivity (Wildman–Crippen MR) is 155 cm³/mol. The highest BCUT2D eigenvalue weighted by Gasteiger charge is 2.32. The van der Waals surface area contributed by atoms with Gasteiger partial charge in [-0.15, -0.1) is 0 Å². The van der Waals surface area contributed by atoms with Gasteiger partial charge < -0.3 is 21.1 Å². The number of benzene rings is 2. The maximum atomic E-state index is 13.0. The minimum absolute atomic E-state index is 0.00760. The lowest BCUT2D eigenvalue weighted by atomic mass is 10.0. The average molecular weight is 636 g/mol. The number of fused-ring (bicyclic) bond motifs is 1. The molecule has 0 spiro atoms. The normalized spacial score (nSPS) is 13.2.